The van der Waals surface area contributed by atoms with Crippen LogP contribution in [-0.4, -0.2) is 7.11 Å². The second kappa shape index (κ2) is 6.26. The van der Waals surface area contributed by atoms with Crippen molar-refractivity contribution in [3.05, 3.63) is 62.6 Å². The van der Waals surface area contributed by atoms with Gasteiger partial charge >= 0.3 is 0 Å². The molecule has 0 aliphatic carbocycles. The Morgan fingerprint density at radius 2 is 1.60 bits per heavy atom. The molecule has 2 aromatic rings. The SMILES string of the molecule is COc1c(C)cc(C(Cl)c2ccc(Cl)cc2Cl)cc1C. The molecule has 106 valence electrons. The first-order valence-electron chi connectivity index (χ1n) is 6.18. The molecule has 0 saturated carbocycles. The maximum Gasteiger partial charge on any atom is 0.124 e. The third kappa shape index (κ3) is 3.06. The van der Waals surface area contributed by atoms with Crippen molar-refractivity contribution in [3.63, 3.8) is 0 Å². The van der Waals surface area contributed by atoms with E-state index in [2.05, 4.69) is 0 Å². The Kier molecular flexibility index (Phi) is 4.85. The smallest absolute Gasteiger partial charge is 0.124 e. The van der Waals surface area contributed by atoms with Crippen LogP contribution in [0.15, 0.2) is 30.3 Å². The molecule has 0 amide bonds. The number of methoxy groups -OCH3 is 1. The van der Waals surface area contributed by atoms with Crippen LogP contribution in [0.5, 0.6) is 5.75 Å². The average Bonchev–Trinajstić information content (AvgIpc) is 2.37. The molecule has 0 N–H and O–H groups in total. The molecule has 0 aromatic heterocycles. The van der Waals surface area contributed by atoms with Gasteiger partial charge in [0, 0.05) is 10.0 Å². The lowest BCUT2D eigenvalue weighted by molar-refractivity contribution is 0.408. The number of halogens is 3. The molecule has 1 atom stereocenters. The first-order chi connectivity index (χ1) is 9.43. The van der Waals surface area contributed by atoms with Crippen molar-refractivity contribution in [1.82, 2.24) is 0 Å². The van der Waals surface area contributed by atoms with E-state index in [1.165, 1.54) is 0 Å². The molecular weight excluding hydrogens is 315 g/mol. The molecule has 0 aliphatic rings. The molecule has 0 bridgehead atoms. The van der Waals surface area contributed by atoms with E-state index in [1.54, 1.807) is 19.2 Å². The number of hydrogen-bond donors (Lipinski definition) is 0. The maximum absolute atomic E-state index is 6.56. The van der Waals surface area contributed by atoms with Gasteiger partial charge in [0.2, 0.25) is 0 Å². The summed E-state index contributed by atoms with van der Waals surface area (Å²) < 4.78 is 5.37. The van der Waals surface area contributed by atoms with Crippen LogP contribution in [0.1, 0.15) is 27.6 Å². The zero-order valence-corrected chi connectivity index (χ0v) is 13.8. The molecule has 1 unspecified atom stereocenters. The van der Waals surface area contributed by atoms with Gasteiger partial charge < -0.3 is 4.74 Å². The minimum Gasteiger partial charge on any atom is -0.496 e. The summed E-state index contributed by atoms with van der Waals surface area (Å²) in [6, 6.07) is 9.40. The maximum atomic E-state index is 6.56. The molecule has 0 radical (unpaired) electrons. The fourth-order valence-electron chi connectivity index (χ4n) is 2.34. The summed E-state index contributed by atoms with van der Waals surface area (Å²) in [7, 11) is 1.67. The Balaban J connectivity index is 2.45. The highest BCUT2D eigenvalue weighted by Crippen LogP contribution is 2.37. The van der Waals surface area contributed by atoms with Crippen LogP contribution in [-0.2, 0) is 0 Å². The van der Waals surface area contributed by atoms with Crippen LogP contribution < -0.4 is 4.74 Å². The minimum atomic E-state index is -0.317. The van der Waals surface area contributed by atoms with Crippen LogP contribution in [0.25, 0.3) is 0 Å². The van der Waals surface area contributed by atoms with Crippen molar-refractivity contribution in [2.45, 2.75) is 19.2 Å². The number of hydrogen-bond acceptors (Lipinski definition) is 1. The van der Waals surface area contributed by atoms with Crippen molar-refractivity contribution in [2.24, 2.45) is 0 Å². The zero-order valence-electron chi connectivity index (χ0n) is 11.5. The molecule has 0 saturated heterocycles. The Morgan fingerprint density at radius 3 is 2.10 bits per heavy atom. The molecule has 2 rings (SSSR count). The Labute approximate surface area is 134 Å². The highest BCUT2D eigenvalue weighted by Gasteiger charge is 2.17. The van der Waals surface area contributed by atoms with Gasteiger partial charge in [-0.15, -0.1) is 11.6 Å². The first kappa shape index (κ1) is 15.5. The van der Waals surface area contributed by atoms with Crippen LogP contribution in [0, 0.1) is 13.8 Å². The van der Waals surface area contributed by atoms with Gasteiger partial charge in [-0.1, -0.05) is 41.4 Å². The highest BCUT2D eigenvalue weighted by atomic mass is 35.5. The number of rotatable bonds is 3. The number of ether oxygens (including phenoxy) is 1. The molecule has 2 aromatic carbocycles. The number of benzene rings is 2. The van der Waals surface area contributed by atoms with Gasteiger partial charge in [-0.2, -0.15) is 0 Å². The lowest BCUT2D eigenvalue weighted by Crippen LogP contribution is -1.98. The molecule has 0 fully saturated rings. The van der Waals surface area contributed by atoms with Crippen molar-refractivity contribution in [3.8, 4) is 5.75 Å². The Morgan fingerprint density at radius 1 is 1.00 bits per heavy atom. The van der Waals surface area contributed by atoms with E-state index in [-0.39, 0.29) is 5.38 Å². The number of alkyl halides is 1. The second-order valence-electron chi connectivity index (χ2n) is 4.72. The van der Waals surface area contributed by atoms with Crippen LogP contribution in [0.4, 0.5) is 0 Å². The van der Waals surface area contributed by atoms with Crippen LogP contribution in [0.2, 0.25) is 10.0 Å². The highest BCUT2D eigenvalue weighted by molar-refractivity contribution is 6.36. The van der Waals surface area contributed by atoms with E-state index < -0.39 is 0 Å². The quantitative estimate of drug-likeness (QED) is 0.632. The van der Waals surface area contributed by atoms with Gasteiger partial charge in [0.1, 0.15) is 5.75 Å². The van der Waals surface area contributed by atoms with Crippen LogP contribution in [0.3, 0.4) is 0 Å². The summed E-state index contributed by atoms with van der Waals surface area (Å²) in [5.74, 6) is 0.889. The summed E-state index contributed by atoms with van der Waals surface area (Å²) in [5, 5.41) is 0.858. The third-order valence-corrected chi connectivity index (χ3v) is 4.26. The minimum absolute atomic E-state index is 0.317. The van der Waals surface area contributed by atoms with Crippen molar-refractivity contribution >= 4 is 34.8 Å². The summed E-state index contributed by atoms with van der Waals surface area (Å²) in [5.41, 5.74) is 3.95. The lowest BCUT2D eigenvalue weighted by Gasteiger charge is -2.16. The molecule has 20 heavy (non-hydrogen) atoms. The van der Waals surface area contributed by atoms with Gasteiger partial charge in [-0.3, -0.25) is 0 Å². The monoisotopic (exact) mass is 328 g/mol. The van der Waals surface area contributed by atoms with E-state index >= 15 is 0 Å². The van der Waals surface area contributed by atoms with Crippen LogP contribution >= 0.6 is 34.8 Å². The topological polar surface area (TPSA) is 9.23 Å². The summed E-state index contributed by atoms with van der Waals surface area (Å²) in [6.45, 7) is 4.00. The van der Waals surface area contributed by atoms with Gasteiger partial charge in [-0.25, -0.2) is 0 Å². The Hall–Kier alpha value is -0.890. The van der Waals surface area contributed by atoms with E-state index in [1.807, 2.05) is 32.0 Å². The van der Waals surface area contributed by atoms with E-state index in [0.717, 1.165) is 28.0 Å². The average molecular weight is 330 g/mol. The van der Waals surface area contributed by atoms with Gasteiger partial charge in [0.15, 0.2) is 0 Å². The molecular formula is C16H15Cl3O. The Bertz CT molecular complexity index is 615. The van der Waals surface area contributed by atoms with E-state index in [0.29, 0.717) is 10.0 Å². The molecule has 4 heteroatoms. The van der Waals surface area contributed by atoms with Gasteiger partial charge in [0.25, 0.3) is 0 Å². The third-order valence-electron chi connectivity index (χ3n) is 3.21. The van der Waals surface area contributed by atoms with E-state index in [9.17, 15) is 0 Å². The fourth-order valence-corrected chi connectivity index (χ4v) is 3.23. The van der Waals surface area contributed by atoms with Gasteiger partial charge in [-0.05, 0) is 48.2 Å². The standard InChI is InChI=1S/C16H15Cl3O/c1-9-6-11(7-10(2)16(9)20-3)15(19)13-5-4-12(17)8-14(13)18/h4-8,15H,1-3H3. The summed E-state index contributed by atoms with van der Waals surface area (Å²) in [6.07, 6.45) is 0. The van der Waals surface area contributed by atoms with E-state index in [4.69, 9.17) is 39.5 Å². The molecule has 1 nitrogen and oxygen atoms in total. The summed E-state index contributed by atoms with van der Waals surface area (Å²) in [4.78, 5) is 0. The van der Waals surface area contributed by atoms with Crippen molar-refractivity contribution in [2.75, 3.05) is 7.11 Å². The van der Waals surface area contributed by atoms with Crippen molar-refractivity contribution < 1.29 is 4.74 Å². The molecule has 0 spiro atoms. The first-order valence-corrected chi connectivity index (χ1v) is 7.37. The molecule has 0 heterocycles. The van der Waals surface area contributed by atoms with Gasteiger partial charge in [0.05, 0.1) is 12.5 Å². The van der Waals surface area contributed by atoms with Crippen molar-refractivity contribution in [1.29, 1.82) is 0 Å². The molecule has 0 aliphatic heterocycles. The normalized spacial score (nSPS) is 12.3. The summed E-state index contributed by atoms with van der Waals surface area (Å²) >= 11 is 18.7. The largest absolute Gasteiger partial charge is 0.496 e. The predicted molar refractivity (Wildman–Crippen MR) is 86.6 cm³/mol. The number of aryl methyl sites for hydroxylation is 2. The zero-order chi connectivity index (χ0) is 14.9. The predicted octanol–water partition coefficient (Wildman–Crippen LogP) is 5.95. The fraction of sp³-hybridized carbons (Fsp3) is 0.250. The second-order valence-corrected chi connectivity index (χ2v) is 6.00. The lowest BCUT2D eigenvalue weighted by atomic mass is 9.99.